The standard InChI is InChI=1S/C17H24ClF3N4O/c1-12(26-15-6-4-3-5-14(15)18)9-23-16(22-2)24-13-7-8-25(10-13)11-17(19,20)21/h3-6,12-13H,7-11H2,1-2H3,(H2,22,23,24). The van der Waals surface area contributed by atoms with Crippen molar-refractivity contribution >= 4 is 17.6 Å². The molecule has 0 bridgehead atoms. The molecular formula is C17H24ClF3N4O. The summed E-state index contributed by atoms with van der Waals surface area (Å²) in [6, 6.07) is 7.15. The molecule has 2 unspecified atom stereocenters. The molecule has 2 N–H and O–H groups in total. The van der Waals surface area contributed by atoms with E-state index >= 15 is 0 Å². The first-order chi connectivity index (χ1) is 12.3. The molecular weight excluding hydrogens is 369 g/mol. The Balaban J connectivity index is 1.75. The predicted molar refractivity (Wildman–Crippen MR) is 96.9 cm³/mol. The number of hydrogen-bond acceptors (Lipinski definition) is 3. The van der Waals surface area contributed by atoms with Gasteiger partial charge < -0.3 is 15.4 Å². The summed E-state index contributed by atoms with van der Waals surface area (Å²) in [6.07, 6.45) is -3.69. The first-order valence-electron chi connectivity index (χ1n) is 8.44. The van der Waals surface area contributed by atoms with Gasteiger partial charge in [0.05, 0.1) is 18.1 Å². The van der Waals surface area contributed by atoms with Gasteiger partial charge in [-0.2, -0.15) is 13.2 Å². The summed E-state index contributed by atoms with van der Waals surface area (Å²) in [5.41, 5.74) is 0. The van der Waals surface area contributed by atoms with Crippen LogP contribution in [0.15, 0.2) is 29.3 Å². The quantitative estimate of drug-likeness (QED) is 0.577. The average molecular weight is 393 g/mol. The Hall–Kier alpha value is -1.67. The molecule has 9 heteroatoms. The van der Waals surface area contributed by atoms with Crippen molar-refractivity contribution in [3.8, 4) is 5.75 Å². The number of likely N-dealkylation sites (tertiary alicyclic amines) is 1. The van der Waals surface area contributed by atoms with Crippen LogP contribution in [0.3, 0.4) is 0 Å². The fourth-order valence-corrected chi connectivity index (χ4v) is 2.96. The van der Waals surface area contributed by atoms with Crippen LogP contribution in [-0.4, -0.2) is 62.4 Å². The van der Waals surface area contributed by atoms with E-state index in [9.17, 15) is 13.2 Å². The van der Waals surface area contributed by atoms with Gasteiger partial charge >= 0.3 is 6.18 Å². The molecule has 1 heterocycles. The van der Waals surface area contributed by atoms with Crippen molar-refractivity contribution in [1.82, 2.24) is 15.5 Å². The van der Waals surface area contributed by atoms with E-state index in [4.69, 9.17) is 16.3 Å². The lowest BCUT2D eigenvalue weighted by atomic mass is 10.3. The minimum atomic E-state index is -4.17. The lowest BCUT2D eigenvalue weighted by Crippen LogP contribution is -2.47. The van der Waals surface area contributed by atoms with Gasteiger partial charge in [-0.05, 0) is 25.5 Å². The van der Waals surface area contributed by atoms with Gasteiger partial charge in [-0.1, -0.05) is 23.7 Å². The highest BCUT2D eigenvalue weighted by molar-refractivity contribution is 6.32. The van der Waals surface area contributed by atoms with Gasteiger partial charge in [0, 0.05) is 26.2 Å². The smallest absolute Gasteiger partial charge is 0.401 e. The second-order valence-electron chi connectivity index (χ2n) is 6.29. The Labute approximate surface area is 156 Å². The summed E-state index contributed by atoms with van der Waals surface area (Å²) in [6.45, 7) is 2.25. The number of nitrogens with zero attached hydrogens (tertiary/aromatic N) is 2. The molecule has 0 radical (unpaired) electrons. The van der Waals surface area contributed by atoms with Crippen LogP contribution < -0.4 is 15.4 Å². The molecule has 1 saturated heterocycles. The fourth-order valence-electron chi connectivity index (χ4n) is 2.77. The Morgan fingerprint density at radius 2 is 2.15 bits per heavy atom. The van der Waals surface area contributed by atoms with Crippen molar-refractivity contribution < 1.29 is 17.9 Å². The normalized spacial score (nSPS) is 20.1. The molecule has 2 atom stereocenters. The molecule has 0 aliphatic carbocycles. The maximum Gasteiger partial charge on any atom is 0.401 e. The van der Waals surface area contributed by atoms with E-state index in [0.29, 0.717) is 42.8 Å². The number of para-hydroxylation sites is 1. The largest absolute Gasteiger partial charge is 0.487 e. The number of halogens is 4. The van der Waals surface area contributed by atoms with E-state index in [1.165, 1.54) is 4.90 Å². The van der Waals surface area contributed by atoms with Crippen molar-refractivity contribution in [1.29, 1.82) is 0 Å². The lowest BCUT2D eigenvalue weighted by molar-refractivity contribution is -0.143. The van der Waals surface area contributed by atoms with E-state index in [2.05, 4.69) is 15.6 Å². The highest BCUT2D eigenvalue weighted by atomic mass is 35.5. The van der Waals surface area contributed by atoms with Gasteiger partial charge in [-0.3, -0.25) is 9.89 Å². The topological polar surface area (TPSA) is 48.9 Å². The zero-order chi connectivity index (χ0) is 19.2. The van der Waals surface area contributed by atoms with Crippen molar-refractivity contribution in [2.75, 3.05) is 33.2 Å². The van der Waals surface area contributed by atoms with E-state index in [1.54, 1.807) is 19.2 Å². The molecule has 1 aromatic carbocycles. The first kappa shape index (κ1) is 20.6. The molecule has 5 nitrogen and oxygen atoms in total. The van der Waals surface area contributed by atoms with E-state index in [1.807, 2.05) is 19.1 Å². The van der Waals surface area contributed by atoms with Crippen molar-refractivity contribution in [2.24, 2.45) is 4.99 Å². The van der Waals surface area contributed by atoms with Crippen LogP contribution >= 0.6 is 11.6 Å². The average Bonchev–Trinajstić information content (AvgIpc) is 2.98. The highest BCUT2D eigenvalue weighted by Gasteiger charge is 2.34. The van der Waals surface area contributed by atoms with Crippen LogP contribution in [-0.2, 0) is 0 Å². The number of nitrogens with one attached hydrogen (secondary N) is 2. The minimum absolute atomic E-state index is 0.0663. The van der Waals surface area contributed by atoms with Crippen LogP contribution in [0, 0.1) is 0 Å². The maximum absolute atomic E-state index is 12.5. The van der Waals surface area contributed by atoms with Gasteiger partial charge in [0.15, 0.2) is 5.96 Å². The number of benzene rings is 1. The zero-order valence-corrected chi connectivity index (χ0v) is 15.6. The molecule has 1 aromatic rings. The Morgan fingerprint density at radius 3 is 2.81 bits per heavy atom. The van der Waals surface area contributed by atoms with Gasteiger partial charge in [0.2, 0.25) is 0 Å². The van der Waals surface area contributed by atoms with Crippen molar-refractivity contribution in [2.45, 2.75) is 31.7 Å². The molecule has 1 fully saturated rings. The van der Waals surface area contributed by atoms with Gasteiger partial charge in [-0.25, -0.2) is 0 Å². The number of aliphatic imine (C=N–C) groups is 1. The van der Waals surface area contributed by atoms with Crippen LogP contribution in [0.5, 0.6) is 5.75 Å². The number of guanidine groups is 1. The second-order valence-corrected chi connectivity index (χ2v) is 6.70. The number of alkyl halides is 3. The first-order valence-corrected chi connectivity index (χ1v) is 8.82. The van der Waals surface area contributed by atoms with E-state index < -0.39 is 12.7 Å². The third-order valence-electron chi connectivity index (χ3n) is 3.96. The fraction of sp³-hybridized carbons (Fsp3) is 0.588. The number of hydrogen-bond donors (Lipinski definition) is 2. The third-order valence-corrected chi connectivity index (χ3v) is 4.27. The molecule has 1 aliphatic heterocycles. The highest BCUT2D eigenvalue weighted by Crippen LogP contribution is 2.24. The Bertz CT molecular complexity index is 612. The molecule has 0 spiro atoms. The summed E-state index contributed by atoms with van der Waals surface area (Å²) in [7, 11) is 1.62. The maximum atomic E-state index is 12.5. The summed E-state index contributed by atoms with van der Waals surface area (Å²) < 4.78 is 43.1. The number of rotatable bonds is 6. The Kier molecular flexibility index (Phi) is 7.40. The molecule has 0 amide bonds. The zero-order valence-electron chi connectivity index (χ0n) is 14.8. The SMILES string of the molecule is CN=C(NCC(C)Oc1ccccc1Cl)NC1CCN(CC(F)(F)F)C1. The molecule has 1 aliphatic rings. The molecule has 26 heavy (non-hydrogen) atoms. The monoisotopic (exact) mass is 392 g/mol. The third kappa shape index (κ3) is 6.92. The van der Waals surface area contributed by atoms with Crippen LogP contribution in [0.4, 0.5) is 13.2 Å². The molecule has 0 saturated carbocycles. The molecule has 146 valence electrons. The lowest BCUT2D eigenvalue weighted by Gasteiger charge is -2.21. The summed E-state index contributed by atoms with van der Waals surface area (Å²) in [5.74, 6) is 1.14. The Morgan fingerprint density at radius 1 is 1.42 bits per heavy atom. The van der Waals surface area contributed by atoms with Crippen LogP contribution in [0.25, 0.3) is 0 Å². The summed E-state index contributed by atoms with van der Waals surface area (Å²) >= 11 is 6.06. The molecule has 0 aromatic heterocycles. The summed E-state index contributed by atoms with van der Waals surface area (Å²) in [4.78, 5) is 5.52. The van der Waals surface area contributed by atoms with E-state index in [-0.39, 0.29) is 12.1 Å². The van der Waals surface area contributed by atoms with E-state index in [0.717, 1.165) is 0 Å². The second kappa shape index (κ2) is 9.32. The van der Waals surface area contributed by atoms with Crippen LogP contribution in [0.1, 0.15) is 13.3 Å². The van der Waals surface area contributed by atoms with Gasteiger partial charge in [0.1, 0.15) is 11.9 Å². The van der Waals surface area contributed by atoms with Crippen molar-refractivity contribution in [3.63, 3.8) is 0 Å². The van der Waals surface area contributed by atoms with Crippen molar-refractivity contribution in [3.05, 3.63) is 29.3 Å². The predicted octanol–water partition coefficient (Wildman–Crippen LogP) is 2.91. The number of ether oxygens (including phenoxy) is 1. The molecule has 2 rings (SSSR count). The summed E-state index contributed by atoms with van der Waals surface area (Å²) in [5, 5.41) is 6.83. The van der Waals surface area contributed by atoms with Gasteiger partial charge in [-0.15, -0.1) is 0 Å². The van der Waals surface area contributed by atoms with Gasteiger partial charge in [0.25, 0.3) is 0 Å². The van der Waals surface area contributed by atoms with Crippen LogP contribution in [0.2, 0.25) is 5.02 Å². The minimum Gasteiger partial charge on any atom is -0.487 e.